The van der Waals surface area contributed by atoms with Crippen LogP contribution in [0.3, 0.4) is 0 Å². The summed E-state index contributed by atoms with van der Waals surface area (Å²) in [4.78, 5) is 13.7. The van der Waals surface area contributed by atoms with Crippen molar-refractivity contribution in [2.45, 2.75) is 51.6 Å². The summed E-state index contributed by atoms with van der Waals surface area (Å²) in [5.41, 5.74) is 5.96. The summed E-state index contributed by atoms with van der Waals surface area (Å²) in [6, 6.07) is -0.165. The molecular formula is C13H26N2O3S. The van der Waals surface area contributed by atoms with Crippen LogP contribution in [0.25, 0.3) is 0 Å². The van der Waals surface area contributed by atoms with Crippen LogP contribution in [0.2, 0.25) is 0 Å². The maximum atomic E-state index is 12.1. The zero-order valence-electron chi connectivity index (χ0n) is 12.1. The van der Waals surface area contributed by atoms with E-state index in [1.54, 1.807) is 25.8 Å². The van der Waals surface area contributed by atoms with Crippen LogP contribution in [0, 0.1) is 5.92 Å². The topological polar surface area (TPSA) is 80.5 Å². The summed E-state index contributed by atoms with van der Waals surface area (Å²) < 4.78 is 23.2. The molecule has 1 rings (SSSR count). The van der Waals surface area contributed by atoms with Gasteiger partial charge in [-0.25, -0.2) is 8.42 Å². The average Bonchev–Trinajstić information content (AvgIpc) is 2.73. The monoisotopic (exact) mass is 290 g/mol. The van der Waals surface area contributed by atoms with Gasteiger partial charge in [0, 0.05) is 31.3 Å². The van der Waals surface area contributed by atoms with Gasteiger partial charge in [0.25, 0.3) is 0 Å². The molecule has 1 amide bonds. The van der Waals surface area contributed by atoms with Gasteiger partial charge in [-0.05, 0) is 25.7 Å². The highest BCUT2D eigenvalue weighted by molar-refractivity contribution is 7.91. The van der Waals surface area contributed by atoms with Crippen molar-refractivity contribution in [3.05, 3.63) is 0 Å². The van der Waals surface area contributed by atoms with Crippen molar-refractivity contribution in [1.29, 1.82) is 0 Å². The van der Waals surface area contributed by atoms with Crippen molar-refractivity contribution in [3.8, 4) is 0 Å². The first-order valence-corrected chi connectivity index (χ1v) is 8.80. The molecule has 1 unspecified atom stereocenters. The predicted molar refractivity (Wildman–Crippen MR) is 76.5 cm³/mol. The van der Waals surface area contributed by atoms with Crippen molar-refractivity contribution in [2.24, 2.45) is 11.7 Å². The maximum absolute atomic E-state index is 12.1. The minimum absolute atomic E-state index is 0.00107. The number of hydrogen-bond acceptors (Lipinski definition) is 4. The van der Waals surface area contributed by atoms with Crippen LogP contribution in [0.1, 0.15) is 39.5 Å². The van der Waals surface area contributed by atoms with Crippen LogP contribution < -0.4 is 5.73 Å². The van der Waals surface area contributed by atoms with E-state index in [4.69, 9.17) is 5.73 Å². The molecule has 1 aliphatic rings. The quantitative estimate of drug-likeness (QED) is 0.784. The second kappa shape index (κ2) is 6.70. The summed E-state index contributed by atoms with van der Waals surface area (Å²) in [7, 11) is -1.37. The van der Waals surface area contributed by atoms with Gasteiger partial charge in [-0.15, -0.1) is 0 Å². The number of nitrogens with zero attached hydrogens (tertiary/aromatic N) is 1. The summed E-state index contributed by atoms with van der Waals surface area (Å²) in [5.74, 6) is 0.404. The highest BCUT2D eigenvalue weighted by Crippen LogP contribution is 2.27. The molecule has 0 aromatic heterocycles. The molecule has 1 fully saturated rings. The molecule has 5 nitrogen and oxygen atoms in total. The number of carbonyl (C=O) groups excluding carboxylic acids is 1. The molecule has 19 heavy (non-hydrogen) atoms. The number of carbonyl (C=O) groups is 1. The van der Waals surface area contributed by atoms with Gasteiger partial charge in [-0.3, -0.25) is 4.79 Å². The van der Waals surface area contributed by atoms with Gasteiger partial charge in [0.1, 0.15) is 0 Å². The number of hydrogen-bond donors (Lipinski definition) is 1. The Kier molecular flexibility index (Phi) is 5.80. The smallest absolute Gasteiger partial charge is 0.222 e. The lowest BCUT2D eigenvalue weighted by Crippen LogP contribution is -2.41. The lowest BCUT2D eigenvalue weighted by molar-refractivity contribution is -0.132. The minimum Gasteiger partial charge on any atom is -0.342 e. The standard InChI is InChI=1S/C13H26N2O3S/c1-4-19(17,18)9-10(2)15(3)13(16)8-11-6-5-7-12(11)14/h10-12H,4-9,14H2,1-3H3/t10?,11-,12+/m0/s1. The van der Waals surface area contributed by atoms with Gasteiger partial charge in [0.05, 0.1) is 5.75 Å². The fourth-order valence-corrected chi connectivity index (χ4v) is 3.72. The van der Waals surface area contributed by atoms with Crippen LogP contribution in [-0.4, -0.2) is 49.9 Å². The summed E-state index contributed by atoms with van der Waals surface area (Å²) in [6.45, 7) is 3.40. The fourth-order valence-electron chi connectivity index (χ4n) is 2.53. The molecule has 6 heteroatoms. The predicted octanol–water partition coefficient (Wildman–Crippen LogP) is 0.786. The highest BCUT2D eigenvalue weighted by Gasteiger charge is 2.29. The molecule has 0 radical (unpaired) electrons. The minimum atomic E-state index is -3.05. The van der Waals surface area contributed by atoms with Gasteiger partial charge >= 0.3 is 0 Å². The molecule has 0 bridgehead atoms. The molecule has 1 aliphatic carbocycles. The Bertz CT molecular complexity index is 408. The Labute approximate surface area is 116 Å². The number of sulfone groups is 1. The van der Waals surface area contributed by atoms with Crippen LogP contribution in [0.4, 0.5) is 0 Å². The molecule has 1 saturated carbocycles. The zero-order valence-corrected chi connectivity index (χ0v) is 12.9. The normalized spacial score (nSPS) is 25.3. The van der Waals surface area contributed by atoms with Gasteiger partial charge in [-0.1, -0.05) is 13.3 Å². The van der Waals surface area contributed by atoms with E-state index < -0.39 is 9.84 Å². The van der Waals surface area contributed by atoms with Crippen LogP contribution in [0.5, 0.6) is 0 Å². The van der Waals surface area contributed by atoms with E-state index in [9.17, 15) is 13.2 Å². The molecule has 2 N–H and O–H groups in total. The summed E-state index contributed by atoms with van der Waals surface area (Å²) in [5, 5.41) is 0. The molecule has 112 valence electrons. The van der Waals surface area contributed by atoms with Crippen molar-refractivity contribution in [1.82, 2.24) is 4.90 Å². The van der Waals surface area contributed by atoms with E-state index >= 15 is 0 Å². The largest absolute Gasteiger partial charge is 0.342 e. The second-order valence-electron chi connectivity index (χ2n) is 5.61. The van der Waals surface area contributed by atoms with Gasteiger partial charge < -0.3 is 10.6 Å². The van der Waals surface area contributed by atoms with Crippen LogP contribution in [0.15, 0.2) is 0 Å². The van der Waals surface area contributed by atoms with Crippen molar-refractivity contribution < 1.29 is 13.2 Å². The van der Waals surface area contributed by atoms with E-state index in [1.165, 1.54) is 0 Å². The summed E-state index contributed by atoms with van der Waals surface area (Å²) in [6.07, 6.45) is 3.51. The third kappa shape index (κ3) is 4.76. The first kappa shape index (κ1) is 16.4. The third-order valence-corrected chi connectivity index (χ3v) is 6.01. The maximum Gasteiger partial charge on any atom is 0.222 e. The molecule has 0 aromatic rings. The second-order valence-corrected chi connectivity index (χ2v) is 8.01. The van der Waals surface area contributed by atoms with E-state index in [1.807, 2.05) is 0 Å². The highest BCUT2D eigenvalue weighted by atomic mass is 32.2. The Hall–Kier alpha value is -0.620. The van der Waals surface area contributed by atoms with Crippen LogP contribution >= 0.6 is 0 Å². The van der Waals surface area contributed by atoms with Crippen molar-refractivity contribution >= 4 is 15.7 Å². The number of amides is 1. The van der Waals surface area contributed by atoms with E-state index in [-0.39, 0.29) is 35.4 Å². The molecule has 0 heterocycles. The molecule has 0 aliphatic heterocycles. The van der Waals surface area contributed by atoms with E-state index in [2.05, 4.69) is 0 Å². The molecule has 3 atom stereocenters. The number of nitrogens with two attached hydrogens (primary N) is 1. The lowest BCUT2D eigenvalue weighted by Gasteiger charge is -2.26. The van der Waals surface area contributed by atoms with E-state index in [0.29, 0.717) is 6.42 Å². The Balaban J connectivity index is 2.52. The Morgan fingerprint density at radius 1 is 1.42 bits per heavy atom. The third-order valence-electron chi connectivity index (χ3n) is 4.14. The summed E-state index contributed by atoms with van der Waals surface area (Å²) >= 11 is 0. The Morgan fingerprint density at radius 3 is 2.53 bits per heavy atom. The van der Waals surface area contributed by atoms with Gasteiger partial charge in [0.2, 0.25) is 5.91 Å². The van der Waals surface area contributed by atoms with Crippen molar-refractivity contribution in [2.75, 3.05) is 18.6 Å². The van der Waals surface area contributed by atoms with Gasteiger partial charge in [0.15, 0.2) is 9.84 Å². The van der Waals surface area contributed by atoms with Gasteiger partial charge in [-0.2, -0.15) is 0 Å². The van der Waals surface area contributed by atoms with E-state index in [0.717, 1.165) is 19.3 Å². The molecule has 0 saturated heterocycles. The molecule has 0 aromatic carbocycles. The van der Waals surface area contributed by atoms with Crippen molar-refractivity contribution in [3.63, 3.8) is 0 Å². The zero-order chi connectivity index (χ0) is 14.6. The average molecular weight is 290 g/mol. The number of rotatable bonds is 6. The Morgan fingerprint density at radius 2 is 2.05 bits per heavy atom. The molecule has 0 spiro atoms. The fraction of sp³-hybridized carbons (Fsp3) is 0.923. The SMILES string of the molecule is CCS(=O)(=O)CC(C)N(C)C(=O)C[C@@H]1CCC[C@H]1N. The first-order chi connectivity index (χ1) is 8.76. The first-order valence-electron chi connectivity index (χ1n) is 6.98. The molecular weight excluding hydrogens is 264 g/mol. The lowest BCUT2D eigenvalue weighted by atomic mass is 9.99. The van der Waals surface area contributed by atoms with Crippen LogP contribution in [-0.2, 0) is 14.6 Å².